The monoisotopic (exact) mass is 325 g/mol. The molecule has 5 heteroatoms. The number of carbonyl (C=O) groups is 1. The highest BCUT2D eigenvalue weighted by atomic mass is 16.3. The van der Waals surface area contributed by atoms with Crippen molar-refractivity contribution in [1.82, 2.24) is 15.2 Å². The van der Waals surface area contributed by atoms with Crippen LogP contribution in [0.25, 0.3) is 0 Å². The molecule has 0 radical (unpaired) electrons. The van der Waals surface area contributed by atoms with Gasteiger partial charge in [-0.15, -0.1) is 0 Å². The van der Waals surface area contributed by atoms with Crippen LogP contribution in [0.2, 0.25) is 0 Å². The van der Waals surface area contributed by atoms with Crippen molar-refractivity contribution in [2.75, 3.05) is 19.7 Å². The molecule has 2 N–H and O–H groups in total. The number of aliphatic hydroxyl groups excluding tert-OH is 1. The van der Waals surface area contributed by atoms with Crippen LogP contribution in [0.15, 0.2) is 48.5 Å². The van der Waals surface area contributed by atoms with E-state index in [4.69, 9.17) is 0 Å². The lowest BCUT2D eigenvalue weighted by Crippen LogP contribution is -2.41. The van der Waals surface area contributed by atoms with Crippen molar-refractivity contribution in [2.45, 2.75) is 19.5 Å². The Morgan fingerprint density at radius 1 is 1.21 bits per heavy atom. The number of aromatic nitrogens is 1. The molecular formula is C19H23N3O2. The van der Waals surface area contributed by atoms with Gasteiger partial charge in [0.15, 0.2) is 0 Å². The van der Waals surface area contributed by atoms with Crippen molar-refractivity contribution >= 4 is 5.91 Å². The molecule has 1 amide bonds. The van der Waals surface area contributed by atoms with Crippen LogP contribution in [-0.2, 0) is 6.54 Å². The van der Waals surface area contributed by atoms with Gasteiger partial charge < -0.3 is 10.4 Å². The zero-order chi connectivity index (χ0) is 16.9. The van der Waals surface area contributed by atoms with Gasteiger partial charge in [-0.25, -0.2) is 4.98 Å². The standard InChI is InChI=1S/C19H23N3O2/c1-14-6-5-9-17(20-14)19(24)21-18-12-22(11-16(18)13-23)10-15-7-3-2-4-8-15/h2-9,16,18,23H,10-13H2,1H3,(H,21,24)/t16-,18+/m0/s1. The number of amides is 1. The fraction of sp³-hybridized carbons (Fsp3) is 0.368. The molecule has 1 fully saturated rings. The normalized spacial score (nSPS) is 20.9. The lowest BCUT2D eigenvalue weighted by molar-refractivity contribution is 0.0916. The summed E-state index contributed by atoms with van der Waals surface area (Å²) in [5, 5.41) is 12.7. The molecule has 0 spiro atoms. The van der Waals surface area contributed by atoms with Gasteiger partial charge in [0.25, 0.3) is 5.91 Å². The summed E-state index contributed by atoms with van der Waals surface area (Å²) in [7, 11) is 0. The van der Waals surface area contributed by atoms with Crippen LogP contribution in [0.5, 0.6) is 0 Å². The maximum absolute atomic E-state index is 12.4. The number of nitrogens with one attached hydrogen (secondary N) is 1. The van der Waals surface area contributed by atoms with Crippen LogP contribution in [0, 0.1) is 12.8 Å². The maximum atomic E-state index is 12.4. The fourth-order valence-electron chi connectivity index (χ4n) is 3.19. The zero-order valence-electron chi connectivity index (χ0n) is 13.9. The molecule has 126 valence electrons. The van der Waals surface area contributed by atoms with Crippen LogP contribution in [0.1, 0.15) is 21.7 Å². The minimum absolute atomic E-state index is 0.0440. The van der Waals surface area contributed by atoms with Gasteiger partial charge in [0.05, 0.1) is 0 Å². The summed E-state index contributed by atoms with van der Waals surface area (Å²) in [4.78, 5) is 18.9. The van der Waals surface area contributed by atoms with Gasteiger partial charge in [0.1, 0.15) is 5.69 Å². The van der Waals surface area contributed by atoms with Crippen molar-refractivity contribution in [3.8, 4) is 0 Å². The summed E-state index contributed by atoms with van der Waals surface area (Å²) in [6, 6.07) is 15.6. The van der Waals surface area contributed by atoms with Crippen molar-refractivity contribution in [3.63, 3.8) is 0 Å². The second-order valence-electron chi connectivity index (χ2n) is 6.37. The lowest BCUT2D eigenvalue weighted by Gasteiger charge is -2.18. The first-order chi connectivity index (χ1) is 11.7. The highest BCUT2D eigenvalue weighted by molar-refractivity contribution is 5.92. The van der Waals surface area contributed by atoms with E-state index in [-0.39, 0.29) is 24.5 Å². The molecule has 1 aromatic carbocycles. The van der Waals surface area contributed by atoms with E-state index in [1.807, 2.05) is 37.3 Å². The number of hydrogen-bond donors (Lipinski definition) is 2. The molecule has 1 aliphatic heterocycles. The Labute approximate surface area is 142 Å². The number of pyridine rings is 1. The Bertz CT molecular complexity index is 690. The van der Waals surface area contributed by atoms with Crippen molar-refractivity contribution < 1.29 is 9.90 Å². The number of nitrogens with zero attached hydrogens (tertiary/aromatic N) is 2. The van der Waals surface area contributed by atoms with E-state index >= 15 is 0 Å². The van der Waals surface area contributed by atoms with Crippen LogP contribution in [0.3, 0.4) is 0 Å². The smallest absolute Gasteiger partial charge is 0.270 e. The van der Waals surface area contributed by atoms with Gasteiger partial charge in [-0.05, 0) is 24.6 Å². The number of hydrogen-bond acceptors (Lipinski definition) is 4. The molecule has 2 heterocycles. The highest BCUT2D eigenvalue weighted by Gasteiger charge is 2.33. The number of likely N-dealkylation sites (tertiary alicyclic amines) is 1. The molecule has 0 saturated carbocycles. The van der Waals surface area contributed by atoms with E-state index in [9.17, 15) is 9.90 Å². The summed E-state index contributed by atoms with van der Waals surface area (Å²) in [6.07, 6.45) is 0. The summed E-state index contributed by atoms with van der Waals surface area (Å²) < 4.78 is 0. The zero-order valence-corrected chi connectivity index (χ0v) is 13.9. The predicted molar refractivity (Wildman–Crippen MR) is 92.5 cm³/mol. The third-order valence-electron chi connectivity index (χ3n) is 4.44. The van der Waals surface area contributed by atoms with E-state index in [1.54, 1.807) is 6.07 Å². The van der Waals surface area contributed by atoms with Crippen molar-refractivity contribution in [2.24, 2.45) is 5.92 Å². The molecule has 0 aliphatic carbocycles. The average Bonchev–Trinajstić information content (AvgIpc) is 2.97. The SMILES string of the molecule is Cc1cccc(C(=O)N[C@@H]2CN(Cc3ccccc3)C[C@H]2CO)n1. The van der Waals surface area contributed by atoms with Crippen LogP contribution in [-0.4, -0.2) is 46.6 Å². The molecular weight excluding hydrogens is 302 g/mol. The van der Waals surface area contributed by atoms with Crippen LogP contribution < -0.4 is 5.32 Å². The fourth-order valence-corrected chi connectivity index (χ4v) is 3.19. The third kappa shape index (κ3) is 3.99. The summed E-state index contributed by atoms with van der Waals surface area (Å²) in [6.45, 7) is 4.27. The van der Waals surface area contributed by atoms with E-state index < -0.39 is 0 Å². The van der Waals surface area contributed by atoms with Gasteiger partial charge in [0.2, 0.25) is 0 Å². The number of aryl methyl sites for hydroxylation is 1. The number of carbonyl (C=O) groups excluding carboxylic acids is 1. The molecule has 24 heavy (non-hydrogen) atoms. The second-order valence-corrected chi connectivity index (χ2v) is 6.37. The second kappa shape index (κ2) is 7.55. The van der Waals surface area contributed by atoms with E-state index in [0.717, 1.165) is 25.3 Å². The van der Waals surface area contributed by atoms with Crippen LogP contribution in [0.4, 0.5) is 0 Å². The molecule has 3 rings (SSSR count). The molecule has 1 aromatic heterocycles. The number of benzene rings is 1. The van der Waals surface area contributed by atoms with E-state index in [2.05, 4.69) is 27.3 Å². The van der Waals surface area contributed by atoms with Gasteiger partial charge in [0, 0.05) is 43.9 Å². The van der Waals surface area contributed by atoms with Gasteiger partial charge in [-0.2, -0.15) is 0 Å². The summed E-state index contributed by atoms with van der Waals surface area (Å²) in [5.74, 6) is -0.133. The highest BCUT2D eigenvalue weighted by Crippen LogP contribution is 2.19. The quantitative estimate of drug-likeness (QED) is 0.877. The molecule has 2 aromatic rings. The lowest BCUT2D eigenvalue weighted by atomic mass is 10.1. The van der Waals surface area contributed by atoms with Crippen LogP contribution >= 0.6 is 0 Å². The van der Waals surface area contributed by atoms with E-state index in [0.29, 0.717) is 5.69 Å². The topological polar surface area (TPSA) is 65.5 Å². The first-order valence-electron chi connectivity index (χ1n) is 8.27. The molecule has 0 bridgehead atoms. The maximum Gasteiger partial charge on any atom is 0.270 e. The minimum Gasteiger partial charge on any atom is -0.396 e. The Balaban J connectivity index is 1.63. The predicted octanol–water partition coefficient (Wildman–Crippen LogP) is 1.61. The first kappa shape index (κ1) is 16.6. The Morgan fingerprint density at radius 3 is 2.71 bits per heavy atom. The number of aliphatic hydroxyl groups is 1. The summed E-state index contributed by atoms with van der Waals surface area (Å²) in [5.41, 5.74) is 2.48. The molecule has 2 atom stereocenters. The molecule has 1 aliphatic rings. The van der Waals surface area contributed by atoms with Gasteiger partial charge in [-0.3, -0.25) is 9.69 Å². The van der Waals surface area contributed by atoms with Crippen molar-refractivity contribution in [1.29, 1.82) is 0 Å². The molecule has 1 saturated heterocycles. The van der Waals surface area contributed by atoms with Gasteiger partial charge >= 0.3 is 0 Å². The van der Waals surface area contributed by atoms with E-state index in [1.165, 1.54) is 5.56 Å². The molecule has 5 nitrogen and oxygen atoms in total. The first-order valence-corrected chi connectivity index (χ1v) is 8.27. The van der Waals surface area contributed by atoms with Crippen molar-refractivity contribution in [3.05, 3.63) is 65.5 Å². The average molecular weight is 325 g/mol. The Kier molecular flexibility index (Phi) is 5.23. The minimum atomic E-state index is -0.177. The molecule has 0 unspecified atom stereocenters. The van der Waals surface area contributed by atoms with Gasteiger partial charge in [-0.1, -0.05) is 36.4 Å². The number of rotatable bonds is 5. The summed E-state index contributed by atoms with van der Waals surface area (Å²) >= 11 is 0. The Morgan fingerprint density at radius 2 is 2.00 bits per heavy atom. The Hall–Kier alpha value is -2.24. The third-order valence-corrected chi connectivity index (χ3v) is 4.44. The largest absolute Gasteiger partial charge is 0.396 e.